The zero-order valence-electron chi connectivity index (χ0n) is 11.4. The van der Waals surface area contributed by atoms with Crippen molar-refractivity contribution >= 4 is 33.9 Å². The van der Waals surface area contributed by atoms with E-state index in [1.54, 1.807) is 18.2 Å². The summed E-state index contributed by atoms with van der Waals surface area (Å²) in [5, 5.41) is 19.9. The van der Waals surface area contributed by atoms with Gasteiger partial charge in [0.2, 0.25) is 5.91 Å². The lowest BCUT2D eigenvalue weighted by Gasteiger charge is -2.11. The smallest absolute Gasteiger partial charge is 0.326 e. The second-order valence-corrected chi connectivity index (χ2v) is 5.05. The van der Waals surface area contributed by atoms with Crippen LogP contribution in [0.25, 0.3) is 6.08 Å². The molecule has 6 nitrogen and oxygen atoms in total. The lowest BCUT2D eigenvalue weighted by molar-refractivity contribution is -0.141. The van der Waals surface area contributed by atoms with Crippen LogP contribution < -0.4 is 10.1 Å². The number of carbonyl (C=O) groups is 2. The van der Waals surface area contributed by atoms with Crippen LogP contribution >= 0.6 is 15.9 Å². The molecule has 1 atom stereocenters. The summed E-state index contributed by atoms with van der Waals surface area (Å²) in [6.07, 6.45) is 2.70. The first kappa shape index (κ1) is 17.2. The monoisotopic (exact) mass is 357 g/mol. The van der Waals surface area contributed by atoms with Crippen LogP contribution in [0, 0.1) is 0 Å². The number of aliphatic hydroxyl groups excluding tert-OH is 1. The number of carboxylic acid groups (broad SMARTS) is 1. The Labute approximate surface area is 130 Å². The number of aliphatic hydroxyl groups is 1. The van der Waals surface area contributed by atoms with Gasteiger partial charge < -0.3 is 20.3 Å². The molecular weight excluding hydrogens is 342 g/mol. The van der Waals surface area contributed by atoms with E-state index in [9.17, 15) is 9.59 Å². The number of carboxylic acids is 1. The normalized spacial score (nSPS) is 12.1. The van der Waals surface area contributed by atoms with Gasteiger partial charge in [-0.1, -0.05) is 15.9 Å². The van der Waals surface area contributed by atoms with Crippen LogP contribution in [-0.2, 0) is 9.59 Å². The van der Waals surface area contributed by atoms with Crippen LogP contribution in [-0.4, -0.2) is 41.8 Å². The Morgan fingerprint density at radius 2 is 2.19 bits per heavy atom. The maximum absolute atomic E-state index is 11.7. The fourth-order valence-electron chi connectivity index (χ4n) is 1.61. The Morgan fingerprint density at radius 1 is 1.48 bits per heavy atom. The molecule has 3 N–H and O–H groups in total. The van der Waals surface area contributed by atoms with Gasteiger partial charge in [-0.2, -0.15) is 0 Å². The molecule has 1 unspecified atom stereocenters. The highest BCUT2D eigenvalue weighted by molar-refractivity contribution is 9.10. The Bertz CT molecular complexity index is 544. The summed E-state index contributed by atoms with van der Waals surface area (Å²) < 4.78 is 5.99. The van der Waals surface area contributed by atoms with Crippen LogP contribution in [0.5, 0.6) is 5.75 Å². The Morgan fingerprint density at radius 3 is 2.76 bits per heavy atom. The SMILES string of the molecule is COc1ccc(Br)cc1C=CC(=O)NC(CCO)C(=O)O. The van der Waals surface area contributed by atoms with Crippen molar-refractivity contribution < 1.29 is 24.5 Å². The number of rotatable bonds is 7. The predicted molar refractivity (Wildman–Crippen MR) is 81.0 cm³/mol. The van der Waals surface area contributed by atoms with Crippen molar-refractivity contribution in [3.63, 3.8) is 0 Å². The third-order valence-electron chi connectivity index (χ3n) is 2.64. The first-order valence-corrected chi connectivity index (χ1v) is 6.93. The number of ether oxygens (including phenoxy) is 1. The van der Waals surface area contributed by atoms with Gasteiger partial charge in [0.15, 0.2) is 0 Å². The first-order chi connectivity index (χ1) is 9.97. The summed E-state index contributed by atoms with van der Waals surface area (Å²) in [7, 11) is 1.52. The van der Waals surface area contributed by atoms with Crippen molar-refractivity contribution in [1.29, 1.82) is 0 Å². The minimum absolute atomic E-state index is 0.0465. The van der Waals surface area contributed by atoms with Crippen molar-refractivity contribution in [2.75, 3.05) is 13.7 Å². The van der Waals surface area contributed by atoms with Crippen molar-refractivity contribution in [3.05, 3.63) is 34.3 Å². The van der Waals surface area contributed by atoms with E-state index in [0.717, 1.165) is 4.47 Å². The molecule has 0 saturated carbocycles. The van der Waals surface area contributed by atoms with E-state index in [4.69, 9.17) is 14.9 Å². The van der Waals surface area contributed by atoms with Gasteiger partial charge in [0.25, 0.3) is 0 Å². The van der Waals surface area contributed by atoms with Gasteiger partial charge in [-0.25, -0.2) is 4.79 Å². The van der Waals surface area contributed by atoms with Gasteiger partial charge in [0.05, 0.1) is 7.11 Å². The van der Waals surface area contributed by atoms with Gasteiger partial charge in [-0.3, -0.25) is 4.79 Å². The van der Waals surface area contributed by atoms with Gasteiger partial charge in [-0.15, -0.1) is 0 Å². The van der Waals surface area contributed by atoms with Crippen molar-refractivity contribution in [2.45, 2.75) is 12.5 Å². The minimum Gasteiger partial charge on any atom is -0.496 e. The van der Waals surface area contributed by atoms with Crippen LogP contribution in [0.2, 0.25) is 0 Å². The van der Waals surface area contributed by atoms with Gasteiger partial charge in [0.1, 0.15) is 11.8 Å². The van der Waals surface area contributed by atoms with E-state index in [0.29, 0.717) is 11.3 Å². The maximum Gasteiger partial charge on any atom is 0.326 e. The first-order valence-electron chi connectivity index (χ1n) is 6.13. The quantitative estimate of drug-likeness (QED) is 0.641. The molecule has 0 radical (unpaired) electrons. The molecule has 1 aromatic rings. The highest BCUT2D eigenvalue weighted by atomic mass is 79.9. The third kappa shape index (κ3) is 5.57. The summed E-state index contributed by atoms with van der Waals surface area (Å²) in [4.78, 5) is 22.6. The highest BCUT2D eigenvalue weighted by Gasteiger charge is 2.17. The molecule has 1 amide bonds. The lowest BCUT2D eigenvalue weighted by atomic mass is 10.1. The maximum atomic E-state index is 11.7. The van der Waals surface area contributed by atoms with E-state index in [-0.39, 0.29) is 13.0 Å². The topological polar surface area (TPSA) is 95.9 Å². The molecule has 114 valence electrons. The molecule has 21 heavy (non-hydrogen) atoms. The molecule has 1 aromatic carbocycles. The summed E-state index contributed by atoms with van der Waals surface area (Å²) >= 11 is 3.32. The molecule has 0 bridgehead atoms. The second kappa shape index (κ2) is 8.43. The number of benzene rings is 1. The van der Waals surface area contributed by atoms with E-state index < -0.39 is 17.9 Å². The van der Waals surface area contributed by atoms with E-state index in [1.165, 1.54) is 19.3 Å². The number of carbonyl (C=O) groups excluding carboxylic acids is 1. The van der Waals surface area contributed by atoms with Crippen molar-refractivity contribution in [1.82, 2.24) is 5.32 Å². The number of halogens is 1. The lowest BCUT2D eigenvalue weighted by Crippen LogP contribution is -2.40. The molecule has 0 aromatic heterocycles. The molecular formula is C14H16BrNO5. The number of aliphatic carboxylic acids is 1. The molecule has 0 aliphatic heterocycles. The van der Waals surface area contributed by atoms with Crippen LogP contribution in [0.4, 0.5) is 0 Å². The average molecular weight is 358 g/mol. The van der Waals surface area contributed by atoms with Gasteiger partial charge >= 0.3 is 5.97 Å². The largest absolute Gasteiger partial charge is 0.496 e. The molecule has 0 heterocycles. The molecule has 0 saturated heterocycles. The zero-order chi connectivity index (χ0) is 15.8. The van der Waals surface area contributed by atoms with E-state index in [1.807, 2.05) is 0 Å². The van der Waals surface area contributed by atoms with Crippen LogP contribution in [0.15, 0.2) is 28.7 Å². The highest BCUT2D eigenvalue weighted by Crippen LogP contribution is 2.23. The van der Waals surface area contributed by atoms with Gasteiger partial charge in [-0.05, 0) is 24.3 Å². The summed E-state index contributed by atoms with van der Waals surface area (Å²) in [5.41, 5.74) is 0.677. The molecule has 1 rings (SSSR count). The number of nitrogens with one attached hydrogen (secondary N) is 1. The summed E-state index contributed by atoms with van der Waals surface area (Å²) in [6.45, 7) is -0.319. The molecule has 0 aliphatic rings. The molecule has 7 heteroatoms. The third-order valence-corrected chi connectivity index (χ3v) is 3.13. The van der Waals surface area contributed by atoms with E-state index in [2.05, 4.69) is 21.2 Å². The minimum atomic E-state index is -1.19. The number of amides is 1. The Hall–Kier alpha value is -1.86. The molecule has 0 spiro atoms. The zero-order valence-corrected chi connectivity index (χ0v) is 13.0. The van der Waals surface area contributed by atoms with Crippen molar-refractivity contribution in [3.8, 4) is 5.75 Å². The Kier molecular flexibility index (Phi) is 6.90. The fraction of sp³-hybridized carbons (Fsp3) is 0.286. The van der Waals surface area contributed by atoms with E-state index >= 15 is 0 Å². The summed E-state index contributed by atoms with van der Waals surface area (Å²) in [5.74, 6) is -1.16. The Balaban J connectivity index is 2.78. The average Bonchev–Trinajstić information content (AvgIpc) is 2.44. The second-order valence-electron chi connectivity index (χ2n) is 4.13. The standard InChI is InChI=1S/C14H16BrNO5/c1-21-12-4-3-10(15)8-9(12)2-5-13(18)16-11(6-7-17)14(19)20/h2-5,8,11,17H,6-7H2,1H3,(H,16,18)(H,19,20). The van der Waals surface area contributed by atoms with Crippen LogP contribution in [0.1, 0.15) is 12.0 Å². The fourth-order valence-corrected chi connectivity index (χ4v) is 1.99. The predicted octanol–water partition coefficient (Wildman–Crippen LogP) is 1.42. The van der Waals surface area contributed by atoms with Gasteiger partial charge in [0, 0.05) is 29.1 Å². The van der Waals surface area contributed by atoms with Crippen LogP contribution in [0.3, 0.4) is 0 Å². The van der Waals surface area contributed by atoms with Crippen molar-refractivity contribution in [2.24, 2.45) is 0 Å². The number of hydrogen-bond donors (Lipinski definition) is 3. The summed E-state index contributed by atoms with van der Waals surface area (Å²) in [6, 6.07) is 4.20. The number of methoxy groups -OCH3 is 1. The molecule has 0 fully saturated rings. The molecule has 0 aliphatic carbocycles. The number of hydrogen-bond acceptors (Lipinski definition) is 4.